The minimum atomic E-state index is 0.250. The van der Waals surface area contributed by atoms with Gasteiger partial charge in [0.1, 0.15) is 3.23 Å². The van der Waals surface area contributed by atoms with Crippen LogP contribution in [-0.2, 0) is 0 Å². The van der Waals surface area contributed by atoms with Crippen LogP contribution in [0.1, 0.15) is 19.3 Å². The summed E-state index contributed by atoms with van der Waals surface area (Å²) in [5, 5.41) is 3.52. The van der Waals surface area contributed by atoms with E-state index >= 15 is 0 Å². The maximum absolute atomic E-state index is 3.67. The molecular formula is C7H11Br2N. The quantitative estimate of drug-likeness (QED) is 0.665. The van der Waals surface area contributed by atoms with Crippen molar-refractivity contribution in [2.75, 3.05) is 6.54 Å². The van der Waals surface area contributed by atoms with Crippen molar-refractivity contribution < 1.29 is 0 Å². The SMILES string of the molecule is BrC1(Br)C2CCCCNC21. The molecule has 1 aliphatic carbocycles. The normalized spacial score (nSPS) is 43.8. The fourth-order valence-corrected chi connectivity index (χ4v) is 3.46. The topological polar surface area (TPSA) is 12.0 Å². The fraction of sp³-hybridized carbons (Fsp3) is 1.00. The molecule has 2 rings (SSSR count). The minimum Gasteiger partial charge on any atom is -0.311 e. The lowest BCUT2D eigenvalue weighted by atomic mass is 10.2. The van der Waals surface area contributed by atoms with Crippen LogP contribution in [0.15, 0.2) is 0 Å². The highest BCUT2D eigenvalue weighted by Crippen LogP contribution is 2.59. The highest BCUT2D eigenvalue weighted by Gasteiger charge is 2.61. The van der Waals surface area contributed by atoms with Crippen molar-refractivity contribution in [1.29, 1.82) is 0 Å². The molecule has 1 saturated heterocycles. The summed E-state index contributed by atoms with van der Waals surface area (Å²) in [5.41, 5.74) is 0. The zero-order valence-electron chi connectivity index (χ0n) is 5.74. The summed E-state index contributed by atoms with van der Waals surface area (Å²) in [4.78, 5) is 0. The van der Waals surface area contributed by atoms with Gasteiger partial charge in [-0.15, -0.1) is 0 Å². The molecule has 0 spiro atoms. The molecule has 0 aromatic heterocycles. The molecule has 2 aliphatic rings. The average molecular weight is 269 g/mol. The van der Waals surface area contributed by atoms with Crippen molar-refractivity contribution in [3.05, 3.63) is 0 Å². The van der Waals surface area contributed by atoms with Gasteiger partial charge < -0.3 is 5.32 Å². The lowest BCUT2D eigenvalue weighted by Crippen LogP contribution is -2.21. The van der Waals surface area contributed by atoms with E-state index in [1.807, 2.05) is 0 Å². The van der Waals surface area contributed by atoms with Gasteiger partial charge in [0.2, 0.25) is 0 Å². The number of hydrogen-bond acceptors (Lipinski definition) is 1. The molecule has 1 saturated carbocycles. The van der Waals surface area contributed by atoms with E-state index in [0.717, 1.165) is 5.92 Å². The Labute approximate surface area is 78.2 Å². The molecule has 2 atom stereocenters. The van der Waals surface area contributed by atoms with Gasteiger partial charge in [-0.3, -0.25) is 0 Å². The van der Waals surface area contributed by atoms with Crippen LogP contribution in [0.25, 0.3) is 0 Å². The number of rotatable bonds is 0. The third-order valence-corrected chi connectivity index (χ3v) is 4.67. The lowest BCUT2D eigenvalue weighted by molar-refractivity contribution is 0.655. The largest absolute Gasteiger partial charge is 0.311 e. The van der Waals surface area contributed by atoms with Gasteiger partial charge in [-0.2, -0.15) is 0 Å². The van der Waals surface area contributed by atoms with Gasteiger partial charge in [-0.05, 0) is 19.4 Å². The van der Waals surface area contributed by atoms with E-state index in [4.69, 9.17) is 0 Å². The molecule has 10 heavy (non-hydrogen) atoms. The fourth-order valence-electron chi connectivity index (χ4n) is 1.77. The van der Waals surface area contributed by atoms with E-state index in [2.05, 4.69) is 37.2 Å². The lowest BCUT2D eigenvalue weighted by Gasteiger charge is -2.03. The summed E-state index contributed by atoms with van der Waals surface area (Å²) in [7, 11) is 0. The molecule has 1 heterocycles. The Balaban J connectivity index is 2.01. The standard InChI is InChI=1S/C7H11Br2N/c8-7(9)5-3-1-2-4-10-6(5)7/h5-6,10H,1-4H2. The van der Waals surface area contributed by atoms with Gasteiger partial charge in [0.05, 0.1) is 0 Å². The van der Waals surface area contributed by atoms with Crippen molar-refractivity contribution in [1.82, 2.24) is 5.32 Å². The summed E-state index contributed by atoms with van der Waals surface area (Å²) >= 11 is 7.34. The smallest absolute Gasteiger partial charge is 0.100 e. The number of nitrogens with one attached hydrogen (secondary N) is 1. The second-order valence-electron chi connectivity index (χ2n) is 3.21. The maximum Gasteiger partial charge on any atom is 0.100 e. The van der Waals surface area contributed by atoms with Gasteiger partial charge in [0.25, 0.3) is 0 Å². The predicted octanol–water partition coefficient (Wildman–Crippen LogP) is 2.24. The van der Waals surface area contributed by atoms with Gasteiger partial charge >= 0.3 is 0 Å². The molecular weight excluding hydrogens is 258 g/mol. The molecule has 1 N–H and O–H groups in total. The molecule has 0 aromatic carbocycles. The van der Waals surface area contributed by atoms with Crippen molar-refractivity contribution >= 4 is 31.9 Å². The van der Waals surface area contributed by atoms with Crippen LogP contribution in [0.5, 0.6) is 0 Å². The van der Waals surface area contributed by atoms with Gasteiger partial charge in [-0.25, -0.2) is 0 Å². The summed E-state index contributed by atoms with van der Waals surface area (Å²) in [6.07, 6.45) is 4.10. The molecule has 58 valence electrons. The van der Waals surface area contributed by atoms with E-state index < -0.39 is 0 Å². The Kier molecular flexibility index (Phi) is 1.86. The Morgan fingerprint density at radius 2 is 2.10 bits per heavy atom. The van der Waals surface area contributed by atoms with Gasteiger partial charge in [0.15, 0.2) is 0 Å². The van der Waals surface area contributed by atoms with Crippen molar-refractivity contribution in [2.45, 2.75) is 28.5 Å². The van der Waals surface area contributed by atoms with E-state index in [-0.39, 0.29) is 3.23 Å². The maximum atomic E-state index is 3.67. The minimum absolute atomic E-state index is 0.250. The van der Waals surface area contributed by atoms with Crippen LogP contribution >= 0.6 is 31.9 Å². The zero-order chi connectivity index (χ0) is 7.19. The first-order valence-corrected chi connectivity index (χ1v) is 5.43. The van der Waals surface area contributed by atoms with Crippen molar-refractivity contribution in [3.63, 3.8) is 0 Å². The summed E-state index contributed by atoms with van der Waals surface area (Å²) in [6.45, 7) is 1.19. The van der Waals surface area contributed by atoms with E-state index in [0.29, 0.717) is 6.04 Å². The molecule has 2 unspecified atom stereocenters. The van der Waals surface area contributed by atoms with Gasteiger partial charge in [-0.1, -0.05) is 38.3 Å². The third kappa shape index (κ3) is 1.07. The Morgan fingerprint density at radius 1 is 1.30 bits per heavy atom. The average Bonchev–Trinajstić information content (AvgIpc) is 2.47. The molecule has 3 heteroatoms. The predicted molar refractivity (Wildman–Crippen MR) is 49.7 cm³/mol. The summed E-state index contributed by atoms with van der Waals surface area (Å²) in [6, 6.07) is 0.690. The molecule has 2 fully saturated rings. The van der Waals surface area contributed by atoms with E-state index in [1.54, 1.807) is 0 Å². The van der Waals surface area contributed by atoms with E-state index in [9.17, 15) is 0 Å². The zero-order valence-corrected chi connectivity index (χ0v) is 8.91. The number of hydrogen-bond donors (Lipinski definition) is 1. The van der Waals surface area contributed by atoms with Crippen LogP contribution in [-0.4, -0.2) is 15.8 Å². The second kappa shape index (κ2) is 2.46. The van der Waals surface area contributed by atoms with Crippen molar-refractivity contribution in [2.24, 2.45) is 5.92 Å². The molecule has 0 radical (unpaired) electrons. The second-order valence-corrected chi connectivity index (χ2v) is 6.90. The Morgan fingerprint density at radius 3 is 2.90 bits per heavy atom. The molecule has 1 aliphatic heterocycles. The first-order valence-electron chi connectivity index (χ1n) is 3.84. The molecule has 1 nitrogen and oxygen atoms in total. The summed E-state index contributed by atoms with van der Waals surface area (Å²) in [5.74, 6) is 0.829. The Bertz CT molecular complexity index is 133. The number of alkyl halides is 2. The molecule has 0 aromatic rings. The van der Waals surface area contributed by atoms with Crippen LogP contribution in [0.3, 0.4) is 0 Å². The van der Waals surface area contributed by atoms with Crippen LogP contribution < -0.4 is 5.32 Å². The van der Waals surface area contributed by atoms with Crippen LogP contribution in [0.2, 0.25) is 0 Å². The summed E-state index contributed by atoms with van der Waals surface area (Å²) < 4.78 is 0.250. The molecule has 0 amide bonds. The Hall–Kier alpha value is 0.920. The van der Waals surface area contributed by atoms with Crippen LogP contribution in [0, 0.1) is 5.92 Å². The van der Waals surface area contributed by atoms with Crippen molar-refractivity contribution in [3.8, 4) is 0 Å². The highest BCUT2D eigenvalue weighted by molar-refractivity contribution is 9.25. The number of halogens is 2. The molecule has 0 bridgehead atoms. The monoisotopic (exact) mass is 267 g/mol. The van der Waals surface area contributed by atoms with E-state index in [1.165, 1.54) is 25.8 Å². The van der Waals surface area contributed by atoms with Crippen LogP contribution in [0.4, 0.5) is 0 Å². The first-order chi connectivity index (χ1) is 4.73. The third-order valence-electron chi connectivity index (χ3n) is 2.51. The first kappa shape index (κ1) is 7.56. The highest BCUT2D eigenvalue weighted by atomic mass is 79.9. The number of fused-ring (bicyclic) bond motifs is 1. The van der Waals surface area contributed by atoms with Gasteiger partial charge in [0, 0.05) is 12.0 Å².